The van der Waals surface area contributed by atoms with E-state index in [-0.39, 0.29) is 18.3 Å². The minimum Gasteiger partial charge on any atom is -0.408 e. The molecule has 0 aliphatic carbocycles. The molecule has 0 atom stereocenters. The summed E-state index contributed by atoms with van der Waals surface area (Å²) in [6, 6.07) is 3.13. The van der Waals surface area contributed by atoms with Gasteiger partial charge in [0.15, 0.2) is 0 Å². The van der Waals surface area contributed by atoms with Crippen LogP contribution in [-0.4, -0.2) is 10.2 Å². The lowest BCUT2D eigenvalue weighted by molar-refractivity contribution is 0.520. The molecule has 0 aliphatic rings. The number of halogens is 2. The number of nitrogens with two attached hydrogens (primary N) is 1. The molecule has 6 heteroatoms. The predicted octanol–water partition coefficient (Wildman–Crippen LogP) is 1.52. The van der Waals surface area contributed by atoms with E-state index in [4.69, 9.17) is 10.2 Å². The van der Waals surface area contributed by atoms with Gasteiger partial charge in [-0.05, 0) is 17.7 Å². The lowest BCUT2D eigenvalue weighted by Gasteiger charge is -1.97. The number of hydrogen-bond donors (Lipinski definition) is 1. The van der Waals surface area contributed by atoms with Gasteiger partial charge in [-0.2, -0.15) is 0 Å². The Labute approximate surface area is 83.7 Å². The molecule has 0 saturated heterocycles. The highest BCUT2D eigenvalue weighted by molar-refractivity contribution is 5.21. The summed E-state index contributed by atoms with van der Waals surface area (Å²) in [5.41, 5.74) is 5.62. The third-order valence-corrected chi connectivity index (χ3v) is 1.76. The standard InChI is InChI=1S/C9H7F2N3O/c10-6-1-5(2-7(11)4-6)3-8-13-14-9(12)15-8/h1-2,4H,3H2,(H2,12,14). The molecule has 15 heavy (non-hydrogen) atoms. The number of anilines is 1. The van der Waals surface area contributed by atoms with Crippen molar-refractivity contribution in [3.8, 4) is 0 Å². The van der Waals surface area contributed by atoms with Gasteiger partial charge in [0.1, 0.15) is 11.6 Å². The number of benzene rings is 1. The van der Waals surface area contributed by atoms with Crippen molar-refractivity contribution < 1.29 is 13.2 Å². The summed E-state index contributed by atoms with van der Waals surface area (Å²) in [5.74, 6) is -1.06. The fourth-order valence-electron chi connectivity index (χ4n) is 1.23. The van der Waals surface area contributed by atoms with E-state index < -0.39 is 11.6 Å². The normalized spacial score (nSPS) is 10.5. The Kier molecular flexibility index (Phi) is 2.32. The molecular weight excluding hydrogens is 204 g/mol. The Balaban J connectivity index is 2.24. The van der Waals surface area contributed by atoms with E-state index in [2.05, 4.69) is 10.2 Å². The van der Waals surface area contributed by atoms with E-state index in [1.54, 1.807) is 0 Å². The molecule has 1 heterocycles. The molecule has 2 rings (SSSR count). The smallest absolute Gasteiger partial charge is 0.312 e. The lowest BCUT2D eigenvalue weighted by Crippen LogP contribution is -1.91. The fourth-order valence-corrected chi connectivity index (χ4v) is 1.23. The topological polar surface area (TPSA) is 64.9 Å². The first-order valence-electron chi connectivity index (χ1n) is 4.16. The quantitative estimate of drug-likeness (QED) is 0.817. The van der Waals surface area contributed by atoms with Crippen molar-refractivity contribution in [2.75, 3.05) is 5.73 Å². The van der Waals surface area contributed by atoms with Crippen LogP contribution in [0.3, 0.4) is 0 Å². The van der Waals surface area contributed by atoms with Crippen LogP contribution in [0.5, 0.6) is 0 Å². The first-order valence-corrected chi connectivity index (χ1v) is 4.16. The average molecular weight is 211 g/mol. The van der Waals surface area contributed by atoms with Gasteiger partial charge in [0.25, 0.3) is 0 Å². The van der Waals surface area contributed by atoms with Crippen LogP contribution in [0.4, 0.5) is 14.8 Å². The molecular formula is C9H7F2N3O. The predicted molar refractivity (Wildman–Crippen MR) is 47.9 cm³/mol. The molecule has 78 valence electrons. The van der Waals surface area contributed by atoms with E-state index in [1.807, 2.05) is 0 Å². The Morgan fingerprint density at radius 3 is 2.33 bits per heavy atom. The molecule has 0 amide bonds. The molecule has 0 unspecified atom stereocenters. The first kappa shape index (κ1) is 9.57. The molecule has 0 spiro atoms. The van der Waals surface area contributed by atoms with Crippen molar-refractivity contribution in [1.82, 2.24) is 10.2 Å². The second-order valence-corrected chi connectivity index (χ2v) is 2.99. The van der Waals surface area contributed by atoms with E-state index in [1.165, 1.54) is 12.1 Å². The van der Waals surface area contributed by atoms with Crippen LogP contribution < -0.4 is 5.73 Å². The minimum atomic E-state index is -0.641. The van der Waals surface area contributed by atoms with Crippen LogP contribution >= 0.6 is 0 Å². The van der Waals surface area contributed by atoms with Crippen molar-refractivity contribution in [3.63, 3.8) is 0 Å². The molecule has 0 aliphatic heterocycles. The van der Waals surface area contributed by atoms with Gasteiger partial charge >= 0.3 is 6.01 Å². The summed E-state index contributed by atoms with van der Waals surface area (Å²) in [7, 11) is 0. The third-order valence-electron chi connectivity index (χ3n) is 1.76. The zero-order valence-electron chi connectivity index (χ0n) is 7.58. The van der Waals surface area contributed by atoms with Crippen LogP contribution in [0.25, 0.3) is 0 Å². The van der Waals surface area contributed by atoms with Gasteiger partial charge in [-0.15, -0.1) is 5.10 Å². The van der Waals surface area contributed by atoms with Crippen molar-refractivity contribution >= 4 is 6.01 Å². The van der Waals surface area contributed by atoms with Crippen LogP contribution in [-0.2, 0) is 6.42 Å². The maximum absolute atomic E-state index is 12.8. The summed E-state index contributed by atoms with van der Waals surface area (Å²) in [5, 5.41) is 7.02. The van der Waals surface area contributed by atoms with E-state index in [9.17, 15) is 8.78 Å². The lowest BCUT2D eigenvalue weighted by atomic mass is 10.1. The largest absolute Gasteiger partial charge is 0.408 e. The summed E-state index contributed by atoms with van der Waals surface area (Å²) in [4.78, 5) is 0. The Bertz CT molecular complexity index is 464. The van der Waals surface area contributed by atoms with Crippen molar-refractivity contribution in [2.45, 2.75) is 6.42 Å². The van der Waals surface area contributed by atoms with Crippen LogP contribution in [0, 0.1) is 11.6 Å². The van der Waals surface area contributed by atoms with Gasteiger partial charge in [-0.25, -0.2) is 8.78 Å². The number of aromatic nitrogens is 2. The van der Waals surface area contributed by atoms with E-state index in [0.717, 1.165) is 6.07 Å². The molecule has 1 aromatic carbocycles. The number of hydrogen-bond acceptors (Lipinski definition) is 4. The fraction of sp³-hybridized carbons (Fsp3) is 0.111. The summed E-state index contributed by atoms with van der Waals surface area (Å²) in [6.45, 7) is 0. The molecule has 0 saturated carbocycles. The van der Waals surface area contributed by atoms with Crippen LogP contribution in [0.15, 0.2) is 22.6 Å². The van der Waals surface area contributed by atoms with E-state index in [0.29, 0.717) is 5.56 Å². The Morgan fingerprint density at radius 1 is 1.13 bits per heavy atom. The highest BCUT2D eigenvalue weighted by Crippen LogP contribution is 2.12. The van der Waals surface area contributed by atoms with Gasteiger partial charge in [-0.1, -0.05) is 5.10 Å². The van der Waals surface area contributed by atoms with Gasteiger partial charge in [0.05, 0.1) is 6.42 Å². The second-order valence-electron chi connectivity index (χ2n) is 2.99. The first-order chi connectivity index (χ1) is 7.13. The highest BCUT2D eigenvalue weighted by atomic mass is 19.1. The van der Waals surface area contributed by atoms with Crippen LogP contribution in [0.2, 0.25) is 0 Å². The Hall–Kier alpha value is -1.98. The van der Waals surface area contributed by atoms with E-state index >= 15 is 0 Å². The molecule has 4 nitrogen and oxygen atoms in total. The van der Waals surface area contributed by atoms with Crippen LogP contribution in [0.1, 0.15) is 11.5 Å². The highest BCUT2D eigenvalue weighted by Gasteiger charge is 2.06. The second kappa shape index (κ2) is 3.64. The average Bonchev–Trinajstić information content (AvgIpc) is 2.49. The molecule has 0 radical (unpaired) electrons. The monoisotopic (exact) mass is 211 g/mol. The SMILES string of the molecule is Nc1nnc(Cc2cc(F)cc(F)c2)o1. The maximum atomic E-state index is 12.8. The van der Waals surface area contributed by atoms with Gasteiger partial charge in [-0.3, -0.25) is 0 Å². The maximum Gasteiger partial charge on any atom is 0.312 e. The summed E-state index contributed by atoms with van der Waals surface area (Å²) >= 11 is 0. The van der Waals surface area contributed by atoms with Gasteiger partial charge < -0.3 is 10.2 Å². The number of nitrogen functional groups attached to an aromatic ring is 1. The minimum absolute atomic E-state index is 0.0677. The van der Waals surface area contributed by atoms with Crippen molar-refractivity contribution in [1.29, 1.82) is 0 Å². The molecule has 0 fully saturated rings. The Morgan fingerprint density at radius 2 is 1.80 bits per heavy atom. The summed E-state index contributed by atoms with van der Waals surface area (Å²) < 4.78 is 30.5. The number of nitrogens with zero attached hydrogens (tertiary/aromatic N) is 2. The third kappa shape index (κ3) is 2.28. The molecule has 0 bridgehead atoms. The summed E-state index contributed by atoms with van der Waals surface area (Å²) in [6.07, 6.45) is 0.152. The van der Waals surface area contributed by atoms with Gasteiger partial charge in [0, 0.05) is 6.07 Å². The zero-order valence-corrected chi connectivity index (χ0v) is 7.58. The zero-order chi connectivity index (χ0) is 10.8. The van der Waals surface area contributed by atoms with Crippen molar-refractivity contribution in [2.24, 2.45) is 0 Å². The van der Waals surface area contributed by atoms with Crippen molar-refractivity contribution in [3.05, 3.63) is 41.3 Å². The van der Waals surface area contributed by atoms with Gasteiger partial charge in [0.2, 0.25) is 5.89 Å². The molecule has 2 aromatic rings. The molecule has 2 N–H and O–H groups in total. The molecule has 1 aromatic heterocycles. The number of rotatable bonds is 2.